The number of carboxylic acids is 1. The van der Waals surface area contributed by atoms with Gasteiger partial charge >= 0.3 is 12.0 Å². The summed E-state index contributed by atoms with van der Waals surface area (Å²) in [4.78, 5) is 78.5. The fourth-order valence-corrected chi connectivity index (χ4v) is 4.20. The number of benzene rings is 1. The van der Waals surface area contributed by atoms with E-state index in [-0.39, 0.29) is 31.5 Å². The van der Waals surface area contributed by atoms with Gasteiger partial charge in [-0.15, -0.1) is 0 Å². The molecule has 2 aromatic rings. The van der Waals surface area contributed by atoms with Crippen molar-refractivity contribution in [1.29, 1.82) is 0 Å². The van der Waals surface area contributed by atoms with E-state index in [4.69, 9.17) is 5.11 Å². The third-order valence-electron chi connectivity index (χ3n) is 5.95. The Morgan fingerprint density at radius 3 is 2.72 bits per heavy atom. The van der Waals surface area contributed by atoms with Gasteiger partial charge in [0.05, 0.1) is 30.1 Å². The Balaban J connectivity index is 1.54. The molecular formula is C23H24N6O7. The van der Waals surface area contributed by atoms with Crippen molar-refractivity contribution < 1.29 is 33.9 Å². The van der Waals surface area contributed by atoms with Gasteiger partial charge in [-0.05, 0) is 25.0 Å². The largest absolute Gasteiger partial charge is 0.481 e. The molecule has 0 bridgehead atoms. The SMILES string of the molecule is O=C[C@H](CC(=O)O)NC(=O)[C@@H]1CCCN2C(=O)CCN(NC(=O)c3cnc4ccccc4c3)C(=O)N12. The van der Waals surface area contributed by atoms with Crippen molar-refractivity contribution in [3.05, 3.63) is 42.1 Å². The lowest BCUT2D eigenvalue weighted by atomic mass is 10.1. The molecule has 13 heteroatoms. The number of pyridine rings is 1. The number of urea groups is 1. The number of fused-ring (bicyclic) bond motifs is 2. The molecule has 13 nitrogen and oxygen atoms in total. The van der Waals surface area contributed by atoms with Gasteiger partial charge in [0.25, 0.3) is 5.91 Å². The number of amides is 5. The first kappa shape index (κ1) is 24.6. The second-order valence-electron chi connectivity index (χ2n) is 8.41. The number of aromatic nitrogens is 1. The van der Waals surface area contributed by atoms with Crippen molar-refractivity contribution in [1.82, 2.24) is 30.8 Å². The highest BCUT2D eigenvalue weighted by molar-refractivity contribution is 5.99. The molecule has 3 N–H and O–H groups in total. The summed E-state index contributed by atoms with van der Waals surface area (Å²) in [6.07, 6.45) is 1.54. The van der Waals surface area contributed by atoms with Crippen LogP contribution in [-0.2, 0) is 19.2 Å². The van der Waals surface area contributed by atoms with Crippen molar-refractivity contribution in [2.24, 2.45) is 0 Å². The Morgan fingerprint density at radius 1 is 1.19 bits per heavy atom. The lowest BCUT2D eigenvalue weighted by Gasteiger charge is -2.42. The van der Waals surface area contributed by atoms with Gasteiger partial charge in [0.1, 0.15) is 12.3 Å². The summed E-state index contributed by atoms with van der Waals surface area (Å²) in [5.41, 5.74) is 3.39. The minimum Gasteiger partial charge on any atom is -0.481 e. The number of hydrazine groups is 2. The number of nitrogens with one attached hydrogen (secondary N) is 2. The van der Waals surface area contributed by atoms with Crippen molar-refractivity contribution in [2.75, 3.05) is 13.1 Å². The lowest BCUT2D eigenvalue weighted by Crippen LogP contribution is -2.64. The maximum Gasteiger partial charge on any atom is 0.358 e. The van der Waals surface area contributed by atoms with Crippen molar-refractivity contribution >= 4 is 46.9 Å². The first-order valence-electron chi connectivity index (χ1n) is 11.3. The second-order valence-corrected chi connectivity index (χ2v) is 8.41. The van der Waals surface area contributed by atoms with E-state index in [1.165, 1.54) is 6.20 Å². The summed E-state index contributed by atoms with van der Waals surface area (Å²) in [5.74, 6) is -3.09. The lowest BCUT2D eigenvalue weighted by molar-refractivity contribution is -0.155. The highest BCUT2D eigenvalue weighted by Crippen LogP contribution is 2.24. The van der Waals surface area contributed by atoms with Crippen LogP contribution in [0.1, 0.15) is 36.0 Å². The molecule has 0 aliphatic carbocycles. The van der Waals surface area contributed by atoms with Crippen LogP contribution in [0.15, 0.2) is 36.5 Å². The fraction of sp³-hybridized carbons (Fsp3) is 0.348. The number of aliphatic carboxylic acids is 1. The zero-order chi connectivity index (χ0) is 25.8. The van der Waals surface area contributed by atoms with E-state index in [9.17, 15) is 28.8 Å². The quantitative estimate of drug-likeness (QED) is 0.452. The third-order valence-corrected chi connectivity index (χ3v) is 5.95. The molecule has 2 saturated heterocycles. The molecule has 36 heavy (non-hydrogen) atoms. The molecule has 5 amide bonds. The number of hydrogen-bond donors (Lipinski definition) is 3. The average Bonchev–Trinajstić information content (AvgIpc) is 2.99. The maximum absolute atomic E-state index is 13.4. The van der Waals surface area contributed by atoms with Gasteiger partial charge in [-0.2, -0.15) is 0 Å². The Labute approximate surface area is 205 Å². The standard InChI is InChI=1S/C23H24N6O7/c30-13-16(11-20(32)33)25-22(35)18-6-3-8-28-19(31)7-9-27(23(36)29(18)28)26-21(34)15-10-14-4-1-2-5-17(14)24-12-15/h1-2,4-5,10,12-13,16,18H,3,6-9,11H2,(H,25,35)(H,26,34)(H,32,33)/t16-,18-/m0/s1. The predicted octanol–water partition coefficient (Wildman–Crippen LogP) is 0.0717. The van der Waals surface area contributed by atoms with Crippen LogP contribution in [0.4, 0.5) is 4.79 Å². The van der Waals surface area contributed by atoms with E-state index >= 15 is 0 Å². The molecule has 0 spiro atoms. The fourth-order valence-electron chi connectivity index (χ4n) is 4.20. The minimum absolute atomic E-state index is 0.0944. The van der Waals surface area contributed by atoms with Crippen LogP contribution < -0.4 is 10.7 Å². The summed E-state index contributed by atoms with van der Waals surface area (Å²) in [6, 6.07) is 5.56. The van der Waals surface area contributed by atoms with Gasteiger partial charge < -0.3 is 15.2 Å². The molecule has 1 aromatic carbocycles. The third kappa shape index (κ3) is 5.09. The Hall–Kier alpha value is -4.55. The van der Waals surface area contributed by atoms with E-state index in [2.05, 4.69) is 15.7 Å². The van der Waals surface area contributed by atoms with Gasteiger partial charge in [0.15, 0.2) is 0 Å². The van der Waals surface area contributed by atoms with Crippen molar-refractivity contribution in [3.63, 3.8) is 0 Å². The molecule has 2 aliphatic rings. The summed E-state index contributed by atoms with van der Waals surface area (Å²) in [5, 5.41) is 15.1. The molecular weight excluding hydrogens is 472 g/mol. The molecule has 3 heterocycles. The van der Waals surface area contributed by atoms with E-state index in [1.54, 1.807) is 24.3 Å². The number of nitrogens with zero attached hydrogens (tertiary/aromatic N) is 4. The number of hydrogen-bond acceptors (Lipinski definition) is 7. The van der Waals surface area contributed by atoms with Gasteiger partial charge in [-0.25, -0.2) is 19.8 Å². The van der Waals surface area contributed by atoms with E-state index < -0.39 is 48.2 Å². The normalized spacial score (nSPS) is 18.8. The Kier molecular flexibility index (Phi) is 7.08. The monoisotopic (exact) mass is 496 g/mol. The zero-order valence-electron chi connectivity index (χ0n) is 19.1. The molecule has 0 radical (unpaired) electrons. The smallest absolute Gasteiger partial charge is 0.358 e. The number of carbonyl (C=O) groups is 6. The number of aldehydes is 1. The molecule has 4 rings (SSSR count). The second kappa shape index (κ2) is 10.4. The molecule has 2 aliphatic heterocycles. The Bertz CT molecular complexity index is 1230. The molecule has 2 atom stereocenters. The van der Waals surface area contributed by atoms with Crippen molar-refractivity contribution in [2.45, 2.75) is 37.8 Å². The number of carbonyl (C=O) groups excluding carboxylic acids is 5. The van der Waals surface area contributed by atoms with Gasteiger partial charge in [-0.1, -0.05) is 18.2 Å². The summed E-state index contributed by atoms with van der Waals surface area (Å²) in [7, 11) is 0. The number of para-hydroxylation sites is 1. The van der Waals surface area contributed by atoms with Crippen LogP contribution in [0.3, 0.4) is 0 Å². The van der Waals surface area contributed by atoms with Gasteiger partial charge in [-0.3, -0.25) is 29.6 Å². The maximum atomic E-state index is 13.4. The van der Waals surface area contributed by atoms with Crippen LogP contribution in [0.25, 0.3) is 10.9 Å². The van der Waals surface area contributed by atoms with Crippen LogP contribution in [0.5, 0.6) is 0 Å². The molecule has 0 unspecified atom stereocenters. The predicted molar refractivity (Wildman–Crippen MR) is 123 cm³/mol. The van der Waals surface area contributed by atoms with Crippen LogP contribution >= 0.6 is 0 Å². The van der Waals surface area contributed by atoms with Crippen LogP contribution in [0, 0.1) is 0 Å². The molecule has 1 aromatic heterocycles. The summed E-state index contributed by atoms with van der Waals surface area (Å²) in [6.45, 7) is 0.0682. The van der Waals surface area contributed by atoms with Gasteiger partial charge in [0, 0.05) is 24.5 Å². The summed E-state index contributed by atoms with van der Waals surface area (Å²) >= 11 is 0. The number of rotatable bonds is 7. The molecule has 188 valence electrons. The average molecular weight is 496 g/mol. The van der Waals surface area contributed by atoms with E-state index in [0.29, 0.717) is 18.2 Å². The van der Waals surface area contributed by atoms with Gasteiger partial charge in [0.2, 0.25) is 11.8 Å². The molecule has 2 fully saturated rings. The Morgan fingerprint density at radius 2 is 1.97 bits per heavy atom. The topological polar surface area (TPSA) is 169 Å². The van der Waals surface area contributed by atoms with Crippen LogP contribution in [-0.4, -0.2) is 86.3 Å². The van der Waals surface area contributed by atoms with Crippen molar-refractivity contribution in [3.8, 4) is 0 Å². The van der Waals surface area contributed by atoms with Crippen LogP contribution in [0.2, 0.25) is 0 Å². The van der Waals surface area contributed by atoms with E-state index in [0.717, 1.165) is 20.4 Å². The summed E-state index contributed by atoms with van der Waals surface area (Å²) < 4.78 is 0. The zero-order valence-corrected chi connectivity index (χ0v) is 19.1. The van der Waals surface area contributed by atoms with E-state index in [1.807, 2.05) is 6.07 Å². The highest BCUT2D eigenvalue weighted by atomic mass is 16.4. The highest BCUT2D eigenvalue weighted by Gasteiger charge is 2.44. The molecule has 0 saturated carbocycles. The minimum atomic E-state index is -1.29. The first-order chi connectivity index (χ1) is 17.3. The number of carboxylic acid groups (broad SMARTS) is 1. The first-order valence-corrected chi connectivity index (χ1v) is 11.3.